The van der Waals surface area contributed by atoms with E-state index < -0.39 is 60.3 Å². The predicted molar refractivity (Wildman–Crippen MR) is 0 cm³/mol. The van der Waals surface area contributed by atoms with E-state index in [1.165, 1.54) is 0 Å². The molecule has 0 heterocycles. The largest absolute Gasteiger partial charge is 2.00 e. The summed E-state index contributed by atoms with van der Waals surface area (Å²) in [6.45, 7) is 0. The number of halogens is 3. The molecule has 0 saturated carbocycles. The van der Waals surface area contributed by atoms with Gasteiger partial charge in [-0.05, 0) is 0 Å². The first kappa shape index (κ1) is 32.7. The summed E-state index contributed by atoms with van der Waals surface area (Å²) in [7, 11) is 0. The molecule has 0 aliphatic carbocycles. The van der Waals surface area contributed by atoms with E-state index in [1.54, 1.807) is 0 Å². The molecule has 0 bridgehead atoms. The summed E-state index contributed by atoms with van der Waals surface area (Å²) >= 11 is -17.8. The first-order valence-corrected chi connectivity index (χ1v) is 12.4. The Hall–Kier alpha value is 3.84. The van der Waals surface area contributed by atoms with Gasteiger partial charge >= 0.3 is 67.9 Å². The van der Waals surface area contributed by atoms with Crippen LogP contribution in [-0.2, 0) is 16.5 Å². The quantitative estimate of drug-likeness (QED) is 0.172. The molecule has 12 nitrogen and oxygen atoms in total. The van der Waals surface area contributed by atoms with E-state index in [2.05, 4.69) is 0 Å². The molecule has 0 N–H and O–H groups in total. The van der Waals surface area contributed by atoms with Gasteiger partial charge in [-0.1, -0.05) is 0 Å². The molecule has 0 aliphatic heterocycles. The van der Waals surface area contributed by atoms with Gasteiger partial charge in [0.2, 0.25) is 0 Å². The summed E-state index contributed by atoms with van der Waals surface area (Å²) in [6.07, 6.45) is 0. The molecule has 0 rings (SSSR count). The Labute approximate surface area is 165 Å². The normalized spacial score (nSPS) is 10.6. The van der Waals surface area contributed by atoms with Crippen LogP contribution in [0.1, 0.15) is 0 Å². The van der Waals surface area contributed by atoms with Crippen molar-refractivity contribution < 1.29 is 169 Å². The maximum atomic E-state index is 8.62. The zero-order valence-corrected chi connectivity index (χ0v) is 17.9. The van der Waals surface area contributed by atoms with E-state index >= 15 is 0 Å². The van der Waals surface area contributed by atoms with Crippen molar-refractivity contribution in [3.8, 4) is 0 Å². The zero-order chi connectivity index (χ0) is 13.5. The Kier molecular flexibility index (Phi) is 28.4. The Morgan fingerprint density at radius 3 is 0.353 bits per heavy atom. The van der Waals surface area contributed by atoms with E-state index in [0.717, 1.165) is 0 Å². The van der Waals surface area contributed by atoms with Gasteiger partial charge in [-0.15, -0.1) is 0 Å². The second kappa shape index (κ2) is 14.8. The Morgan fingerprint density at radius 1 is 0.353 bits per heavy atom. The van der Waals surface area contributed by atoms with Gasteiger partial charge in [-0.3, -0.25) is 41.2 Å². The van der Waals surface area contributed by atoms with Gasteiger partial charge < -0.3 is 0 Å². The number of hydrogen-bond acceptors (Lipinski definition) is 12. The van der Waals surface area contributed by atoms with Crippen LogP contribution in [0.2, 0.25) is 0 Å². The van der Waals surface area contributed by atoms with Crippen molar-refractivity contribution in [2.75, 3.05) is 0 Å². The molecule has 0 saturated heterocycles. The third-order valence-corrected chi connectivity index (χ3v) is 0. The van der Waals surface area contributed by atoms with Crippen LogP contribution in [0.4, 0.5) is 0 Å². The van der Waals surface area contributed by atoms with Crippen LogP contribution in [0.25, 0.3) is 0 Å². The fourth-order valence-corrected chi connectivity index (χ4v) is 0. The SMILES string of the molecule is [K+].[Ni+2].[O-][I+3]([O-])([O-])[O-].[O-][I+3]([O-])([O-])[O-].[O-][I+3]([O-])([O-])[O-]. The van der Waals surface area contributed by atoms with Crippen molar-refractivity contribution in [3.63, 3.8) is 0 Å². The fraction of sp³-hybridized carbons (Fsp3) is 0. The van der Waals surface area contributed by atoms with Gasteiger partial charge in [-0.25, -0.2) is 0 Å². The van der Waals surface area contributed by atoms with Crippen LogP contribution in [0.3, 0.4) is 0 Å². The van der Waals surface area contributed by atoms with Gasteiger partial charge in [0.25, 0.3) is 0 Å². The molecule has 0 fully saturated rings. The third-order valence-electron chi connectivity index (χ3n) is 0. The summed E-state index contributed by atoms with van der Waals surface area (Å²) in [5, 5.41) is 0. The minimum atomic E-state index is -5.94. The van der Waals surface area contributed by atoms with Crippen LogP contribution in [0.15, 0.2) is 0 Å². The minimum absolute atomic E-state index is 0. The molecule has 0 aromatic rings. The summed E-state index contributed by atoms with van der Waals surface area (Å²) in [5.41, 5.74) is 0. The van der Waals surface area contributed by atoms with E-state index in [1.807, 2.05) is 0 Å². The van der Waals surface area contributed by atoms with Gasteiger partial charge in [0.1, 0.15) is 60.3 Å². The molecule has 0 amide bonds. The molecule has 0 radical (unpaired) electrons. The maximum absolute atomic E-state index is 8.62. The van der Waals surface area contributed by atoms with Crippen LogP contribution >= 0.6 is 0 Å². The van der Waals surface area contributed by atoms with Crippen LogP contribution in [-0.4, -0.2) is 0 Å². The van der Waals surface area contributed by atoms with Crippen molar-refractivity contribution >= 4 is 0 Å². The molecule has 0 aliphatic rings. The van der Waals surface area contributed by atoms with Crippen molar-refractivity contribution in [2.45, 2.75) is 0 Å². The molecule has 0 aromatic heterocycles. The first-order chi connectivity index (χ1) is 6.00. The summed E-state index contributed by atoms with van der Waals surface area (Å²) < 4.78 is 103. The van der Waals surface area contributed by atoms with E-state index in [-0.39, 0.29) is 67.9 Å². The summed E-state index contributed by atoms with van der Waals surface area (Å²) in [5.74, 6) is 0. The average Bonchev–Trinajstić information content (AvgIpc) is 1.41. The molecule has 104 valence electrons. The molecular formula is I3KNiO12. The van der Waals surface area contributed by atoms with Crippen LogP contribution in [0, 0.1) is 0 Å². The number of rotatable bonds is 0. The summed E-state index contributed by atoms with van der Waals surface area (Å²) in [4.78, 5) is 0. The van der Waals surface area contributed by atoms with Crippen molar-refractivity contribution in [1.29, 1.82) is 0 Å². The number of hydrogen-bond donors (Lipinski definition) is 0. The second-order valence-corrected chi connectivity index (χ2v) is 7.61. The molecule has 0 unspecified atom stereocenters. The summed E-state index contributed by atoms with van der Waals surface area (Å²) in [6, 6.07) is 0. The average molecular weight is 670 g/mol. The smallest absolute Gasteiger partial charge is 0.286 e. The van der Waals surface area contributed by atoms with Gasteiger partial charge in [-0.2, -0.15) is 0 Å². The fourth-order valence-electron chi connectivity index (χ4n) is 0. The second-order valence-electron chi connectivity index (χ2n) is 1.13. The molecule has 0 aromatic carbocycles. The van der Waals surface area contributed by atoms with Crippen molar-refractivity contribution in [3.05, 3.63) is 0 Å². The molecule has 17 heteroatoms. The third kappa shape index (κ3) is 428. The Bertz CT molecular complexity index is 96.8. The molecule has 0 atom stereocenters. The molecular weight excluding hydrogens is 670 g/mol. The Morgan fingerprint density at radius 2 is 0.353 bits per heavy atom. The van der Waals surface area contributed by atoms with Gasteiger partial charge in [0.15, 0.2) is 0 Å². The van der Waals surface area contributed by atoms with Gasteiger partial charge in [0, 0.05) is 0 Å². The van der Waals surface area contributed by atoms with Crippen molar-refractivity contribution in [1.82, 2.24) is 0 Å². The Balaban J connectivity index is -0.0000000400. The van der Waals surface area contributed by atoms with Crippen molar-refractivity contribution in [2.24, 2.45) is 0 Å². The molecule has 0 spiro atoms. The van der Waals surface area contributed by atoms with E-state index in [9.17, 15) is 0 Å². The zero-order valence-electron chi connectivity index (χ0n) is 7.35. The van der Waals surface area contributed by atoms with Crippen LogP contribution < -0.4 is 153 Å². The van der Waals surface area contributed by atoms with Crippen LogP contribution in [0.5, 0.6) is 0 Å². The first-order valence-electron chi connectivity index (χ1n) is 1.85. The van der Waals surface area contributed by atoms with E-state index in [0.29, 0.717) is 0 Å². The molecule has 17 heavy (non-hydrogen) atoms. The standard InChI is InChI=1S/3IO4.K.Ni/c3*2-1(3,4)5;;/q3*-1;+1;+2. The van der Waals surface area contributed by atoms with E-state index in [4.69, 9.17) is 41.2 Å². The maximum Gasteiger partial charge on any atom is 2.00 e. The topological polar surface area (TPSA) is 277 Å². The minimum Gasteiger partial charge on any atom is -0.286 e. The monoisotopic (exact) mass is 670 g/mol. The van der Waals surface area contributed by atoms with Gasteiger partial charge in [0.05, 0.1) is 0 Å². The predicted octanol–water partition coefficient (Wildman–Crippen LogP) is -26.3.